The summed E-state index contributed by atoms with van der Waals surface area (Å²) in [6.45, 7) is 5.05. The summed E-state index contributed by atoms with van der Waals surface area (Å²) in [5, 5.41) is 3.71. The highest BCUT2D eigenvalue weighted by Crippen LogP contribution is 2.29. The molecule has 0 aliphatic carbocycles. The van der Waals surface area contributed by atoms with Gasteiger partial charge in [0.05, 0.1) is 18.4 Å². The molecule has 1 unspecified atom stereocenters. The fourth-order valence-electron chi connectivity index (χ4n) is 3.77. The molecule has 2 aromatic rings. The van der Waals surface area contributed by atoms with Crippen molar-refractivity contribution in [1.82, 2.24) is 9.62 Å². The van der Waals surface area contributed by atoms with E-state index in [0.29, 0.717) is 48.1 Å². The van der Waals surface area contributed by atoms with Crippen molar-refractivity contribution in [2.24, 2.45) is 5.92 Å². The molecule has 0 spiro atoms. The van der Waals surface area contributed by atoms with Crippen LogP contribution >= 0.6 is 23.2 Å². The van der Waals surface area contributed by atoms with Crippen molar-refractivity contribution in [3.05, 3.63) is 63.6 Å². The lowest BCUT2D eigenvalue weighted by Crippen LogP contribution is -2.43. The molecule has 2 aromatic carbocycles. The number of halogens is 2. The highest BCUT2D eigenvalue weighted by molar-refractivity contribution is 7.88. The van der Waals surface area contributed by atoms with Crippen LogP contribution in [0.15, 0.2) is 42.5 Å². The molecule has 1 saturated heterocycles. The molecule has 32 heavy (non-hydrogen) atoms. The van der Waals surface area contributed by atoms with E-state index in [1.165, 1.54) is 4.31 Å². The minimum atomic E-state index is -3.58. The van der Waals surface area contributed by atoms with Crippen molar-refractivity contribution in [3.8, 4) is 5.75 Å². The van der Waals surface area contributed by atoms with Crippen LogP contribution in [0.2, 0.25) is 10.0 Å². The number of piperidine rings is 1. The van der Waals surface area contributed by atoms with Gasteiger partial charge in [0.1, 0.15) is 5.75 Å². The minimum Gasteiger partial charge on any atom is -0.494 e. The van der Waals surface area contributed by atoms with Crippen LogP contribution in [0.25, 0.3) is 0 Å². The van der Waals surface area contributed by atoms with Crippen LogP contribution in [0.1, 0.15) is 43.9 Å². The second-order valence-electron chi connectivity index (χ2n) is 7.86. The van der Waals surface area contributed by atoms with Gasteiger partial charge in [-0.2, -0.15) is 0 Å². The first kappa shape index (κ1) is 24.8. The number of nitrogens with zero attached hydrogens (tertiary/aromatic N) is 1. The van der Waals surface area contributed by atoms with E-state index in [-0.39, 0.29) is 23.6 Å². The molecule has 174 valence electrons. The van der Waals surface area contributed by atoms with Crippen LogP contribution in [-0.4, -0.2) is 38.3 Å². The number of ether oxygens (including phenoxy) is 1. The Labute approximate surface area is 199 Å². The first-order chi connectivity index (χ1) is 15.2. The van der Waals surface area contributed by atoms with Crippen LogP contribution in [-0.2, 0) is 20.6 Å². The Balaban J connectivity index is 1.54. The van der Waals surface area contributed by atoms with E-state index in [9.17, 15) is 13.2 Å². The van der Waals surface area contributed by atoms with Gasteiger partial charge in [-0.25, -0.2) is 12.7 Å². The molecule has 1 aliphatic rings. The maximum atomic E-state index is 12.9. The topological polar surface area (TPSA) is 75.7 Å². The lowest BCUT2D eigenvalue weighted by Gasteiger charge is -2.31. The number of benzene rings is 2. The summed E-state index contributed by atoms with van der Waals surface area (Å²) in [4.78, 5) is 12.7. The van der Waals surface area contributed by atoms with E-state index < -0.39 is 10.0 Å². The highest BCUT2D eigenvalue weighted by atomic mass is 35.5. The van der Waals surface area contributed by atoms with Crippen LogP contribution in [0.3, 0.4) is 0 Å². The van der Waals surface area contributed by atoms with Crippen molar-refractivity contribution < 1.29 is 17.9 Å². The monoisotopic (exact) mass is 498 g/mol. The standard InChI is InChI=1S/C23H28Cl2N2O4S/c1-3-31-19-9-7-17(8-10-19)16(2)26-23(28)18-11-13-27(14-12-18)32(29,30)15-20-21(24)5-4-6-22(20)25/h4-10,16,18H,3,11-15H2,1-2H3,(H,26,28). The first-order valence-electron chi connectivity index (χ1n) is 10.6. The Hall–Kier alpha value is -1.80. The van der Waals surface area contributed by atoms with Crippen molar-refractivity contribution in [1.29, 1.82) is 0 Å². The van der Waals surface area contributed by atoms with E-state index in [4.69, 9.17) is 27.9 Å². The summed E-state index contributed by atoms with van der Waals surface area (Å²) >= 11 is 12.3. The Kier molecular flexibility index (Phi) is 8.44. The van der Waals surface area contributed by atoms with E-state index in [2.05, 4.69) is 5.32 Å². The third-order valence-corrected chi connectivity index (χ3v) is 8.17. The molecule has 0 bridgehead atoms. The molecule has 1 fully saturated rings. The summed E-state index contributed by atoms with van der Waals surface area (Å²) in [5.41, 5.74) is 1.39. The predicted octanol–water partition coefficient (Wildman–Crippen LogP) is 4.81. The minimum absolute atomic E-state index is 0.0578. The maximum absolute atomic E-state index is 12.9. The van der Waals surface area contributed by atoms with Gasteiger partial charge in [-0.1, -0.05) is 41.4 Å². The highest BCUT2D eigenvalue weighted by Gasteiger charge is 2.32. The van der Waals surface area contributed by atoms with E-state index in [1.807, 2.05) is 38.1 Å². The molecule has 0 radical (unpaired) electrons. The van der Waals surface area contributed by atoms with Crippen molar-refractivity contribution in [2.45, 2.75) is 38.5 Å². The Morgan fingerprint density at radius 3 is 2.28 bits per heavy atom. The number of amides is 1. The van der Waals surface area contributed by atoms with Gasteiger partial charge in [-0.15, -0.1) is 0 Å². The molecule has 1 aliphatic heterocycles. The number of nitrogens with one attached hydrogen (secondary N) is 1. The zero-order valence-corrected chi connectivity index (χ0v) is 20.5. The number of hydrogen-bond acceptors (Lipinski definition) is 4. The molecule has 6 nitrogen and oxygen atoms in total. The second kappa shape index (κ2) is 10.9. The zero-order chi connectivity index (χ0) is 23.3. The largest absolute Gasteiger partial charge is 0.494 e. The van der Waals surface area contributed by atoms with Crippen molar-refractivity contribution in [2.75, 3.05) is 19.7 Å². The Morgan fingerprint density at radius 1 is 1.12 bits per heavy atom. The average Bonchev–Trinajstić information content (AvgIpc) is 2.77. The van der Waals surface area contributed by atoms with Gasteiger partial charge < -0.3 is 10.1 Å². The Bertz CT molecular complexity index is 1020. The number of sulfonamides is 1. The van der Waals surface area contributed by atoms with E-state index in [0.717, 1.165) is 11.3 Å². The first-order valence-corrected chi connectivity index (χ1v) is 13.0. The predicted molar refractivity (Wildman–Crippen MR) is 128 cm³/mol. The molecule has 0 aromatic heterocycles. The average molecular weight is 499 g/mol. The lowest BCUT2D eigenvalue weighted by molar-refractivity contribution is -0.126. The van der Waals surface area contributed by atoms with Crippen molar-refractivity contribution in [3.63, 3.8) is 0 Å². The van der Waals surface area contributed by atoms with Gasteiger partial charge >= 0.3 is 0 Å². The molecular weight excluding hydrogens is 471 g/mol. The third-order valence-electron chi connectivity index (χ3n) is 5.66. The maximum Gasteiger partial charge on any atom is 0.223 e. The zero-order valence-electron chi connectivity index (χ0n) is 18.2. The van der Waals surface area contributed by atoms with E-state index >= 15 is 0 Å². The fraction of sp³-hybridized carbons (Fsp3) is 0.435. The molecular formula is C23H28Cl2N2O4S. The summed E-state index contributed by atoms with van der Waals surface area (Å²) in [6.07, 6.45) is 0.939. The van der Waals surface area contributed by atoms with Gasteiger partial charge in [-0.05, 0) is 56.5 Å². The summed E-state index contributed by atoms with van der Waals surface area (Å²) in [5.74, 6) is 0.256. The van der Waals surface area contributed by atoms with E-state index in [1.54, 1.807) is 18.2 Å². The molecule has 1 atom stereocenters. The SMILES string of the molecule is CCOc1ccc(C(C)NC(=O)C2CCN(S(=O)(=O)Cc3c(Cl)cccc3Cl)CC2)cc1. The molecule has 1 amide bonds. The number of hydrogen-bond donors (Lipinski definition) is 1. The molecule has 0 saturated carbocycles. The number of carbonyl (C=O) groups excluding carboxylic acids is 1. The number of carbonyl (C=O) groups is 1. The normalized spacial score (nSPS) is 16.5. The number of rotatable bonds is 8. The van der Waals surface area contributed by atoms with Crippen LogP contribution in [0.5, 0.6) is 5.75 Å². The summed E-state index contributed by atoms with van der Waals surface area (Å²) < 4.78 is 32.6. The van der Waals surface area contributed by atoms with Crippen LogP contribution in [0, 0.1) is 5.92 Å². The van der Waals surface area contributed by atoms with Gasteiger partial charge in [0, 0.05) is 34.6 Å². The smallest absolute Gasteiger partial charge is 0.223 e. The van der Waals surface area contributed by atoms with Crippen LogP contribution < -0.4 is 10.1 Å². The van der Waals surface area contributed by atoms with Crippen LogP contribution in [0.4, 0.5) is 0 Å². The van der Waals surface area contributed by atoms with Gasteiger partial charge in [0.2, 0.25) is 15.9 Å². The van der Waals surface area contributed by atoms with Gasteiger partial charge in [0.15, 0.2) is 0 Å². The van der Waals surface area contributed by atoms with Gasteiger partial charge in [0.25, 0.3) is 0 Å². The summed E-state index contributed by atoms with van der Waals surface area (Å²) in [7, 11) is -3.58. The second-order valence-corrected chi connectivity index (χ2v) is 10.6. The molecule has 9 heteroatoms. The summed E-state index contributed by atoms with van der Waals surface area (Å²) in [6, 6.07) is 12.4. The lowest BCUT2D eigenvalue weighted by atomic mass is 9.96. The quantitative estimate of drug-likeness (QED) is 0.566. The Morgan fingerprint density at radius 2 is 1.72 bits per heavy atom. The third kappa shape index (κ3) is 6.16. The molecule has 1 N–H and O–H groups in total. The fourth-order valence-corrected chi connectivity index (χ4v) is 6.09. The van der Waals surface area contributed by atoms with Gasteiger partial charge in [-0.3, -0.25) is 4.79 Å². The van der Waals surface area contributed by atoms with Crippen molar-refractivity contribution >= 4 is 39.1 Å². The molecule has 1 heterocycles. The molecule has 3 rings (SSSR count).